The van der Waals surface area contributed by atoms with Gasteiger partial charge in [0.25, 0.3) is 0 Å². The Kier molecular flexibility index (Phi) is 5.14. The number of alkyl halides is 4. The summed E-state index contributed by atoms with van der Waals surface area (Å²) in [5, 5.41) is 2.47. The molecule has 1 aromatic rings. The van der Waals surface area contributed by atoms with Gasteiger partial charge in [-0.3, -0.25) is 0 Å². The summed E-state index contributed by atoms with van der Waals surface area (Å²) in [4.78, 5) is 2.03. The van der Waals surface area contributed by atoms with Gasteiger partial charge in [0.1, 0.15) is 6.61 Å². The Morgan fingerprint density at radius 3 is 2.32 bits per heavy atom. The molecule has 8 heteroatoms. The normalized spacial score (nSPS) is 12.0. The lowest BCUT2D eigenvalue weighted by atomic mass is 10.2. The van der Waals surface area contributed by atoms with Gasteiger partial charge in [0.15, 0.2) is 0 Å². The number of rotatable bonds is 7. The number of benzene rings is 1. The van der Waals surface area contributed by atoms with E-state index in [0.29, 0.717) is 5.56 Å². The van der Waals surface area contributed by atoms with E-state index in [4.69, 9.17) is 5.53 Å². The Morgan fingerprint density at radius 1 is 1.11 bits per heavy atom. The molecule has 0 spiro atoms. The third-order valence-electron chi connectivity index (χ3n) is 2.26. The standard InChI is InChI=1S/C11H11F4N3O/c12-10(13,7-17-18-16)11(14,15)8-19-6-9-4-2-1-3-5-9/h1-5H,6-8H2. The van der Waals surface area contributed by atoms with Crippen LogP contribution in [0.15, 0.2) is 35.4 Å². The second-order valence-corrected chi connectivity index (χ2v) is 3.78. The van der Waals surface area contributed by atoms with Crippen molar-refractivity contribution in [1.29, 1.82) is 0 Å². The molecule has 0 unspecified atom stereocenters. The zero-order valence-electron chi connectivity index (χ0n) is 9.77. The summed E-state index contributed by atoms with van der Waals surface area (Å²) in [5.41, 5.74) is 8.46. The maximum Gasteiger partial charge on any atom is 0.333 e. The van der Waals surface area contributed by atoms with Crippen LogP contribution in [0.5, 0.6) is 0 Å². The van der Waals surface area contributed by atoms with Crippen LogP contribution in [0.1, 0.15) is 5.56 Å². The summed E-state index contributed by atoms with van der Waals surface area (Å²) in [6.07, 6.45) is 0. The van der Waals surface area contributed by atoms with Crippen molar-refractivity contribution >= 4 is 0 Å². The van der Waals surface area contributed by atoms with Gasteiger partial charge in [-0.25, -0.2) is 0 Å². The predicted molar refractivity (Wildman–Crippen MR) is 60.0 cm³/mol. The predicted octanol–water partition coefficient (Wildman–Crippen LogP) is 3.78. The van der Waals surface area contributed by atoms with E-state index < -0.39 is 25.0 Å². The van der Waals surface area contributed by atoms with Gasteiger partial charge in [0, 0.05) is 4.91 Å². The summed E-state index contributed by atoms with van der Waals surface area (Å²) in [6.45, 7) is -3.25. The van der Waals surface area contributed by atoms with Gasteiger partial charge in [0.2, 0.25) is 0 Å². The molecule has 0 fully saturated rings. The number of halogens is 4. The van der Waals surface area contributed by atoms with E-state index >= 15 is 0 Å². The smallest absolute Gasteiger partial charge is 0.333 e. The van der Waals surface area contributed by atoms with Crippen molar-refractivity contribution in [3.8, 4) is 0 Å². The first-order valence-corrected chi connectivity index (χ1v) is 5.27. The van der Waals surface area contributed by atoms with Gasteiger partial charge < -0.3 is 4.74 Å². The summed E-state index contributed by atoms with van der Waals surface area (Å²) in [6, 6.07) is 8.32. The van der Waals surface area contributed by atoms with E-state index in [1.807, 2.05) is 4.91 Å². The highest BCUT2D eigenvalue weighted by atomic mass is 19.3. The van der Waals surface area contributed by atoms with E-state index in [9.17, 15) is 17.6 Å². The van der Waals surface area contributed by atoms with Crippen molar-refractivity contribution < 1.29 is 22.3 Å². The molecular formula is C11H11F4N3O. The van der Waals surface area contributed by atoms with Crippen LogP contribution in [-0.4, -0.2) is 25.0 Å². The van der Waals surface area contributed by atoms with Crippen LogP contribution in [0, 0.1) is 0 Å². The minimum Gasteiger partial charge on any atom is -0.370 e. The van der Waals surface area contributed by atoms with E-state index in [2.05, 4.69) is 9.85 Å². The second kappa shape index (κ2) is 6.40. The number of hydrogen-bond donors (Lipinski definition) is 0. The molecule has 0 amide bonds. The molecule has 1 aromatic carbocycles. The molecule has 0 radical (unpaired) electrons. The molecule has 0 saturated carbocycles. The van der Waals surface area contributed by atoms with Gasteiger partial charge in [-0.05, 0) is 11.1 Å². The van der Waals surface area contributed by atoms with E-state index in [-0.39, 0.29) is 6.61 Å². The van der Waals surface area contributed by atoms with Crippen molar-refractivity contribution in [2.75, 3.05) is 13.2 Å². The fourth-order valence-electron chi connectivity index (χ4n) is 1.21. The van der Waals surface area contributed by atoms with Gasteiger partial charge in [-0.1, -0.05) is 35.4 Å². The second-order valence-electron chi connectivity index (χ2n) is 3.78. The molecular weight excluding hydrogens is 266 g/mol. The first-order chi connectivity index (χ1) is 8.89. The Labute approximate surface area is 106 Å². The van der Waals surface area contributed by atoms with E-state index in [1.165, 1.54) is 0 Å². The minimum absolute atomic E-state index is 0.200. The SMILES string of the molecule is [N-]=[N+]=NCC(F)(F)C(F)(F)COCc1ccccc1. The molecule has 0 N–H and O–H groups in total. The molecule has 0 aliphatic carbocycles. The number of hydrogen-bond acceptors (Lipinski definition) is 2. The fourth-order valence-corrected chi connectivity index (χ4v) is 1.21. The lowest BCUT2D eigenvalue weighted by Gasteiger charge is -2.24. The highest BCUT2D eigenvalue weighted by Gasteiger charge is 2.55. The largest absolute Gasteiger partial charge is 0.370 e. The zero-order chi connectivity index (χ0) is 14.4. The van der Waals surface area contributed by atoms with Crippen molar-refractivity contribution in [3.05, 3.63) is 46.3 Å². The Balaban J connectivity index is 2.52. The van der Waals surface area contributed by atoms with Crippen LogP contribution in [0.2, 0.25) is 0 Å². The van der Waals surface area contributed by atoms with Crippen LogP contribution in [0.25, 0.3) is 10.4 Å². The number of azide groups is 1. The third-order valence-corrected chi connectivity index (χ3v) is 2.26. The van der Waals surface area contributed by atoms with Crippen LogP contribution in [0.4, 0.5) is 17.6 Å². The van der Waals surface area contributed by atoms with Crippen LogP contribution in [0.3, 0.4) is 0 Å². The molecule has 0 saturated heterocycles. The quantitative estimate of drug-likeness (QED) is 0.324. The Hall–Kier alpha value is -1.79. The molecule has 0 bridgehead atoms. The number of nitrogens with zero attached hydrogens (tertiary/aromatic N) is 3. The lowest BCUT2D eigenvalue weighted by Crippen LogP contribution is -2.46. The topological polar surface area (TPSA) is 58.0 Å². The van der Waals surface area contributed by atoms with E-state index in [0.717, 1.165) is 0 Å². The molecule has 19 heavy (non-hydrogen) atoms. The van der Waals surface area contributed by atoms with E-state index in [1.54, 1.807) is 30.3 Å². The summed E-state index contributed by atoms with van der Waals surface area (Å²) < 4.78 is 57.0. The molecule has 104 valence electrons. The third kappa shape index (κ3) is 4.42. The van der Waals surface area contributed by atoms with Crippen molar-refractivity contribution in [3.63, 3.8) is 0 Å². The molecule has 0 aliphatic rings. The van der Waals surface area contributed by atoms with Gasteiger partial charge in [-0.15, -0.1) is 0 Å². The lowest BCUT2D eigenvalue weighted by molar-refractivity contribution is -0.228. The highest BCUT2D eigenvalue weighted by Crippen LogP contribution is 2.34. The summed E-state index contributed by atoms with van der Waals surface area (Å²) >= 11 is 0. The molecule has 4 nitrogen and oxygen atoms in total. The maximum atomic E-state index is 13.2. The maximum absolute atomic E-state index is 13.2. The minimum atomic E-state index is -4.43. The van der Waals surface area contributed by atoms with Crippen LogP contribution < -0.4 is 0 Å². The molecule has 1 rings (SSSR count). The van der Waals surface area contributed by atoms with Crippen molar-refractivity contribution in [2.45, 2.75) is 18.5 Å². The molecule has 0 heterocycles. The fraction of sp³-hybridized carbons (Fsp3) is 0.455. The van der Waals surface area contributed by atoms with Gasteiger partial charge >= 0.3 is 11.8 Å². The average Bonchev–Trinajstić information content (AvgIpc) is 2.37. The summed E-state index contributed by atoms with van der Waals surface area (Å²) in [5.74, 6) is -8.83. The zero-order valence-corrected chi connectivity index (χ0v) is 9.77. The first kappa shape index (κ1) is 15.3. The van der Waals surface area contributed by atoms with Crippen molar-refractivity contribution in [2.24, 2.45) is 5.11 Å². The average molecular weight is 277 g/mol. The highest BCUT2D eigenvalue weighted by molar-refractivity contribution is 5.13. The van der Waals surface area contributed by atoms with Crippen LogP contribution in [-0.2, 0) is 11.3 Å². The summed E-state index contributed by atoms with van der Waals surface area (Å²) in [7, 11) is 0. The molecule has 0 aromatic heterocycles. The van der Waals surface area contributed by atoms with Gasteiger partial charge in [-0.2, -0.15) is 17.6 Å². The molecule has 0 aliphatic heterocycles. The Morgan fingerprint density at radius 2 is 1.74 bits per heavy atom. The van der Waals surface area contributed by atoms with Crippen LogP contribution >= 0.6 is 0 Å². The Bertz CT molecular complexity index is 447. The van der Waals surface area contributed by atoms with Crippen molar-refractivity contribution in [1.82, 2.24) is 0 Å². The molecule has 0 atom stereocenters. The number of ether oxygens (including phenoxy) is 1. The monoisotopic (exact) mass is 277 g/mol. The first-order valence-electron chi connectivity index (χ1n) is 5.27. The van der Waals surface area contributed by atoms with Gasteiger partial charge in [0.05, 0.1) is 13.2 Å².